The minimum atomic E-state index is -0.647. The lowest BCUT2D eigenvalue weighted by molar-refractivity contribution is 0.0501. The van der Waals surface area contributed by atoms with Gasteiger partial charge in [-0.05, 0) is 36.1 Å². The first kappa shape index (κ1) is 9.39. The molecule has 78 valence electrons. The maximum atomic E-state index is 10.0. The molecule has 0 aliphatic heterocycles. The maximum absolute atomic E-state index is 10.0. The van der Waals surface area contributed by atoms with Crippen molar-refractivity contribution in [3.8, 4) is 0 Å². The van der Waals surface area contributed by atoms with Gasteiger partial charge in [0.25, 0.3) is 0 Å². The predicted octanol–water partition coefficient (Wildman–Crippen LogP) is -0.217. The van der Waals surface area contributed by atoms with Gasteiger partial charge in [0.15, 0.2) is 0 Å². The molecule has 14 heavy (non-hydrogen) atoms. The summed E-state index contributed by atoms with van der Waals surface area (Å²) in [6.07, 6.45) is 2.23. The smallest absolute Gasteiger partial charge is 0.242 e. The second-order valence-electron chi connectivity index (χ2n) is 4.11. The standard InChI is InChI=1S/C8H15N5O/c1-8(14,6-3-4-6)5-9-7-10-11-12-13(7)2/h6,14H,3-5H2,1-2H3,(H,9,10,12). The van der Waals surface area contributed by atoms with Gasteiger partial charge in [-0.25, -0.2) is 4.68 Å². The third-order valence-electron chi connectivity index (χ3n) is 2.68. The van der Waals surface area contributed by atoms with Gasteiger partial charge in [-0.1, -0.05) is 5.10 Å². The molecule has 1 saturated carbocycles. The molecule has 1 atom stereocenters. The van der Waals surface area contributed by atoms with Crippen molar-refractivity contribution in [3.63, 3.8) is 0 Å². The van der Waals surface area contributed by atoms with Crippen molar-refractivity contribution in [1.82, 2.24) is 20.2 Å². The van der Waals surface area contributed by atoms with Crippen molar-refractivity contribution >= 4 is 5.95 Å². The number of tetrazole rings is 1. The van der Waals surface area contributed by atoms with E-state index < -0.39 is 5.60 Å². The van der Waals surface area contributed by atoms with E-state index in [4.69, 9.17) is 0 Å². The molecule has 0 amide bonds. The fourth-order valence-electron chi connectivity index (χ4n) is 1.49. The van der Waals surface area contributed by atoms with E-state index in [0.717, 1.165) is 12.8 Å². The van der Waals surface area contributed by atoms with Crippen LogP contribution in [0.5, 0.6) is 0 Å². The number of nitrogens with zero attached hydrogens (tertiary/aromatic N) is 4. The summed E-state index contributed by atoms with van der Waals surface area (Å²) >= 11 is 0. The second-order valence-corrected chi connectivity index (χ2v) is 4.11. The summed E-state index contributed by atoms with van der Waals surface area (Å²) < 4.78 is 1.54. The fourth-order valence-corrected chi connectivity index (χ4v) is 1.49. The lowest BCUT2D eigenvalue weighted by atomic mass is 10.0. The van der Waals surface area contributed by atoms with E-state index >= 15 is 0 Å². The zero-order valence-corrected chi connectivity index (χ0v) is 8.43. The summed E-state index contributed by atoms with van der Waals surface area (Å²) in [6, 6.07) is 0. The molecule has 1 aromatic heterocycles. The number of nitrogens with one attached hydrogen (secondary N) is 1. The van der Waals surface area contributed by atoms with Crippen LogP contribution in [0.4, 0.5) is 5.95 Å². The lowest BCUT2D eigenvalue weighted by Gasteiger charge is -2.22. The highest BCUT2D eigenvalue weighted by atomic mass is 16.3. The van der Waals surface area contributed by atoms with Crippen LogP contribution >= 0.6 is 0 Å². The van der Waals surface area contributed by atoms with Crippen LogP contribution in [-0.2, 0) is 7.05 Å². The van der Waals surface area contributed by atoms with Crippen LogP contribution < -0.4 is 5.32 Å². The van der Waals surface area contributed by atoms with E-state index in [1.807, 2.05) is 6.92 Å². The first-order chi connectivity index (χ1) is 6.59. The van der Waals surface area contributed by atoms with Crippen LogP contribution in [0.25, 0.3) is 0 Å². The van der Waals surface area contributed by atoms with Gasteiger partial charge in [0.2, 0.25) is 5.95 Å². The molecule has 0 saturated heterocycles. The van der Waals surface area contributed by atoms with E-state index in [-0.39, 0.29) is 0 Å². The highest BCUT2D eigenvalue weighted by molar-refractivity contribution is 5.22. The largest absolute Gasteiger partial charge is 0.388 e. The predicted molar refractivity (Wildman–Crippen MR) is 50.6 cm³/mol. The maximum Gasteiger partial charge on any atom is 0.242 e. The Kier molecular flexibility index (Phi) is 2.14. The molecule has 0 aromatic carbocycles. The molecule has 0 radical (unpaired) electrons. The Bertz CT molecular complexity index is 317. The third kappa shape index (κ3) is 1.84. The van der Waals surface area contributed by atoms with Gasteiger partial charge in [0.05, 0.1) is 5.60 Å². The number of hydrogen-bond donors (Lipinski definition) is 2. The molecular weight excluding hydrogens is 182 g/mol. The summed E-state index contributed by atoms with van der Waals surface area (Å²) in [6.45, 7) is 2.34. The number of hydrogen-bond acceptors (Lipinski definition) is 5. The van der Waals surface area contributed by atoms with Crippen LogP contribution in [0, 0.1) is 5.92 Å². The van der Waals surface area contributed by atoms with Crippen molar-refractivity contribution in [3.05, 3.63) is 0 Å². The first-order valence-corrected chi connectivity index (χ1v) is 4.78. The van der Waals surface area contributed by atoms with Crippen molar-refractivity contribution in [2.45, 2.75) is 25.4 Å². The van der Waals surface area contributed by atoms with Crippen molar-refractivity contribution < 1.29 is 5.11 Å². The van der Waals surface area contributed by atoms with Crippen molar-refractivity contribution in [1.29, 1.82) is 0 Å². The van der Waals surface area contributed by atoms with Crippen LogP contribution in [-0.4, -0.2) is 37.5 Å². The first-order valence-electron chi connectivity index (χ1n) is 4.78. The normalized spacial score (nSPS) is 20.5. The van der Waals surface area contributed by atoms with Gasteiger partial charge in [-0.15, -0.1) is 0 Å². The SMILES string of the molecule is Cn1nnnc1NCC(C)(O)C1CC1. The Labute approximate surface area is 82.3 Å². The molecule has 1 aliphatic carbocycles. The van der Waals surface area contributed by atoms with E-state index in [1.54, 1.807) is 11.7 Å². The topological polar surface area (TPSA) is 75.9 Å². The molecule has 1 unspecified atom stereocenters. The van der Waals surface area contributed by atoms with Gasteiger partial charge in [0.1, 0.15) is 0 Å². The van der Waals surface area contributed by atoms with Gasteiger partial charge in [0, 0.05) is 13.6 Å². The molecular formula is C8H15N5O. The average molecular weight is 197 g/mol. The fraction of sp³-hybridized carbons (Fsp3) is 0.875. The molecule has 6 nitrogen and oxygen atoms in total. The highest BCUT2D eigenvalue weighted by Gasteiger charge is 2.39. The molecule has 1 heterocycles. The number of rotatable bonds is 4. The Hall–Kier alpha value is -1.17. The zero-order chi connectivity index (χ0) is 10.2. The van der Waals surface area contributed by atoms with E-state index in [0.29, 0.717) is 18.4 Å². The molecule has 6 heteroatoms. The molecule has 0 spiro atoms. The van der Waals surface area contributed by atoms with Gasteiger partial charge in [-0.2, -0.15) is 0 Å². The molecule has 0 bridgehead atoms. The van der Waals surface area contributed by atoms with Crippen LogP contribution in [0.15, 0.2) is 0 Å². The van der Waals surface area contributed by atoms with Gasteiger partial charge in [-0.3, -0.25) is 0 Å². The molecule has 1 aliphatic rings. The van der Waals surface area contributed by atoms with Gasteiger partial charge < -0.3 is 10.4 Å². The Morgan fingerprint density at radius 3 is 2.86 bits per heavy atom. The van der Waals surface area contributed by atoms with Crippen LogP contribution in [0.3, 0.4) is 0 Å². The Balaban J connectivity index is 1.90. The number of aryl methyl sites for hydroxylation is 1. The Morgan fingerprint density at radius 2 is 2.36 bits per heavy atom. The lowest BCUT2D eigenvalue weighted by Crippen LogP contribution is -2.36. The number of aliphatic hydroxyl groups is 1. The highest BCUT2D eigenvalue weighted by Crippen LogP contribution is 2.39. The third-order valence-corrected chi connectivity index (χ3v) is 2.68. The van der Waals surface area contributed by atoms with E-state index in [1.165, 1.54) is 0 Å². The zero-order valence-electron chi connectivity index (χ0n) is 8.43. The summed E-state index contributed by atoms with van der Waals surface area (Å²) in [5.74, 6) is 1.02. The molecule has 1 aromatic rings. The average Bonchev–Trinajstić information content (AvgIpc) is 2.89. The van der Waals surface area contributed by atoms with E-state index in [2.05, 4.69) is 20.8 Å². The van der Waals surface area contributed by atoms with Crippen molar-refractivity contribution in [2.75, 3.05) is 11.9 Å². The van der Waals surface area contributed by atoms with Crippen LogP contribution in [0.1, 0.15) is 19.8 Å². The minimum absolute atomic E-state index is 0.427. The van der Waals surface area contributed by atoms with E-state index in [9.17, 15) is 5.11 Å². The monoisotopic (exact) mass is 197 g/mol. The quantitative estimate of drug-likeness (QED) is 0.698. The summed E-state index contributed by atoms with van der Waals surface area (Å²) in [4.78, 5) is 0. The number of aromatic nitrogens is 4. The van der Waals surface area contributed by atoms with Crippen LogP contribution in [0.2, 0.25) is 0 Å². The molecule has 2 rings (SSSR count). The molecule has 2 N–H and O–H groups in total. The molecule has 1 fully saturated rings. The summed E-state index contributed by atoms with van der Waals surface area (Å²) in [5.41, 5.74) is -0.647. The van der Waals surface area contributed by atoms with Crippen molar-refractivity contribution in [2.24, 2.45) is 13.0 Å². The minimum Gasteiger partial charge on any atom is -0.388 e. The number of anilines is 1. The second kappa shape index (κ2) is 3.20. The summed E-state index contributed by atoms with van der Waals surface area (Å²) in [5, 5.41) is 24.0. The Morgan fingerprint density at radius 1 is 1.64 bits per heavy atom. The van der Waals surface area contributed by atoms with Gasteiger partial charge >= 0.3 is 0 Å². The summed E-state index contributed by atoms with van der Waals surface area (Å²) in [7, 11) is 1.76.